The summed E-state index contributed by atoms with van der Waals surface area (Å²) in [5.74, 6) is -0.0798. The average molecular weight is 292 g/mol. The molecule has 2 rings (SSSR count). The molecule has 2 unspecified atom stereocenters. The first-order valence-corrected chi connectivity index (χ1v) is 8.30. The molecule has 1 fully saturated rings. The molecule has 0 bridgehead atoms. The zero-order chi connectivity index (χ0) is 15.2. The number of rotatable bonds is 6. The fourth-order valence-corrected chi connectivity index (χ4v) is 3.33. The lowest BCUT2D eigenvalue weighted by Gasteiger charge is -2.37. The van der Waals surface area contributed by atoms with Gasteiger partial charge in [0.2, 0.25) is 0 Å². The van der Waals surface area contributed by atoms with Crippen molar-refractivity contribution in [1.29, 1.82) is 0 Å². The van der Waals surface area contributed by atoms with Crippen LogP contribution in [0.15, 0.2) is 24.3 Å². The van der Waals surface area contributed by atoms with Gasteiger partial charge >= 0.3 is 0 Å². The molecule has 0 aromatic heterocycles. The molecule has 0 spiro atoms. The molecule has 3 heteroatoms. The topological polar surface area (TPSA) is 15.3 Å². The molecule has 1 aromatic carbocycles. The second kappa shape index (κ2) is 7.90. The van der Waals surface area contributed by atoms with Gasteiger partial charge in [-0.1, -0.05) is 24.6 Å². The summed E-state index contributed by atoms with van der Waals surface area (Å²) in [4.78, 5) is 2.51. The van der Waals surface area contributed by atoms with E-state index in [0.717, 1.165) is 25.1 Å². The van der Waals surface area contributed by atoms with E-state index < -0.39 is 0 Å². The van der Waals surface area contributed by atoms with Gasteiger partial charge in [0.05, 0.1) is 0 Å². The third-order valence-corrected chi connectivity index (χ3v) is 4.55. The molecule has 2 nitrogen and oxygen atoms in total. The highest BCUT2D eigenvalue weighted by molar-refractivity contribution is 5.18. The summed E-state index contributed by atoms with van der Waals surface area (Å²) >= 11 is 0. The van der Waals surface area contributed by atoms with Crippen LogP contribution in [0.25, 0.3) is 0 Å². The van der Waals surface area contributed by atoms with Crippen LogP contribution < -0.4 is 5.32 Å². The Balaban J connectivity index is 1.98. The van der Waals surface area contributed by atoms with E-state index in [1.807, 2.05) is 12.1 Å². The summed E-state index contributed by atoms with van der Waals surface area (Å²) in [5, 5.41) is 3.62. The maximum Gasteiger partial charge on any atom is 0.126 e. The van der Waals surface area contributed by atoms with Crippen LogP contribution in [0.2, 0.25) is 0 Å². The Morgan fingerprint density at radius 3 is 2.62 bits per heavy atom. The first kappa shape index (κ1) is 16.4. The molecule has 1 N–H and O–H groups in total. The third kappa shape index (κ3) is 4.79. The molecule has 1 saturated heterocycles. The minimum Gasteiger partial charge on any atom is -0.313 e. The quantitative estimate of drug-likeness (QED) is 0.861. The smallest absolute Gasteiger partial charge is 0.126 e. The Hall–Kier alpha value is -0.930. The molecule has 118 valence electrons. The third-order valence-electron chi connectivity index (χ3n) is 4.55. The van der Waals surface area contributed by atoms with Gasteiger partial charge in [0.25, 0.3) is 0 Å². The van der Waals surface area contributed by atoms with Crippen molar-refractivity contribution in [3.05, 3.63) is 35.6 Å². The molecular formula is C18H29FN2. The van der Waals surface area contributed by atoms with Gasteiger partial charge in [0, 0.05) is 24.7 Å². The Kier molecular flexibility index (Phi) is 6.19. The van der Waals surface area contributed by atoms with Gasteiger partial charge in [-0.05, 0) is 58.2 Å². The van der Waals surface area contributed by atoms with Crippen LogP contribution in [0, 0.1) is 5.82 Å². The number of hydrogen-bond acceptors (Lipinski definition) is 2. The fourth-order valence-electron chi connectivity index (χ4n) is 3.33. The number of piperidine rings is 1. The highest BCUT2D eigenvalue weighted by Crippen LogP contribution is 2.17. The van der Waals surface area contributed by atoms with Crippen molar-refractivity contribution in [2.45, 2.75) is 64.6 Å². The molecule has 2 atom stereocenters. The Morgan fingerprint density at radius 1 is 1.24 bits per heavy atom. The summed E-state index contributed by atoms with van der Waals surface area (Å²) in [6.07, 6.45) is 4.65. The minimum atomic E-state index is -0.0798. The van der Waals surface area contributed by atoms with Crippen molar-refractivity contribution in [2.75, 3.05) is 13.1 Å². The van der Waals surface area contributed by atoms with Gasteiger partial charge in [0.15, 0.2) is 0 Å². The van der Waals surface area contributed by atoms with Gasteiger partial charge in [-0.2, -0.15) is 0 Å². The maximum atomic E-state index is 13.8. The van der Waals surface area contributed by atoms with Gasteiger partial charge in [-0.15, -0.1) is 0 Å². The van der Waals surface area contributed by atoms with Crippen LogP contribution in [0.5, 0.6) is 0 Å². The number of benzene rings is 1. The second-order valence-corrected chi connectivity index (χ2v) is 6.58. The van der Waals surface area contributed by atoms with E-state index in [-0.39, 0.29) is 5.82 Å². The molecule has 1 aliphatic rings. The SMILES string of the molecule is CC(C)N(CC1CCCCN1)C(C)Cc1ccccc1F. The monoisotopic (exact) mass is 292 g/mol. The zero-order valence-electron chi connectivity index (χ0n) is 13.6. The normalized spacial score (nSPS) is 21.0. The molecule has 0 saturated carbocycles. The fraction of sp³-hybridized carbons (Fsp3) is 0.667. The first-order chi connectivity index (χ1) is 10.1. The van der Waals surface area contributed by atoms with Crippen molar-refractivity contribution in [1.82, 2.24) is 10.2 Å². The van der Waals surface area contributed by atoms with E-state index in [0.29, 0.717) is 18.1 Å². The highest BCUT2D eigenvalue weighted by Gasteiger charge is 2.23. The number of halogens is 1. The summed E-state index contributed by atoms with van der Waals surface area (Å²) in [6.45, 7) is 8.89. The summed E-state index contributed by atoms with van der Waals surface area (Å²) in [7, 11) is 0. The number of nitrogens with one attached hydrogen (secondary N) is 1. The van der Waals surface area contributed by atoms with Gasteiger partial charge in [-0.3, -0.25) is 4.90 Å². The largest absolute Gasteiger partial charge is 0.313 e. The van der Waals surface area contributed by atoms with E-state index in [1.165, 1.54) is 19.3 Å². The first-order valence-electron chi connectivity index (χ1n) is 8.30. The second-order valence-electron chi connectivity index (χ2n) is 6.58. The van der Waals surface area contributed by atoms with E-state index in [9.17, 15) is 4.39 Å². The minimum absolute atomic E-state index is 0.0798. The molecule has 1 aromatic rings. The Bertz CT molecular complexity index is 427. The van der Waals surface area contributed by atoms with Crippen LogP contribution in [0.1, 0.15) is 45.6 Å². The van der Waals surface area contributed by atoms with Crippen LogP contribution in [-0.2, 0) is 6.42 Å². The van der Waals surface area contributed by atoms with E-state index in [1.54, 1.807) is 12.1 Å². The molecule has 1 heterocycles. The number of nitrogens with zero attached hydrogens (tertiary/aromatic N) is 1. The zero-order valence-corrected chi connectivity index (χ0v) is 13.6. The van der Waals surface area contributed by atoms with Crippen molar-refractivity contribution in [3.63, 3.8) is 0 Å². The molecule has 1 aliphatic heterocycles. The van der Waals surface area contributed by atoms with Gasteiger partial charge in [0.1, 0.15) is 5.82 Å². The van der Waals surface area contributed by atoms with Crippen molar-refractivity contribution < 1.29 is 4.39 Å². The highest BCUT2D eigenvalue weighted by atomic mass is 19.1. The predicted octanol–water partition coefficient (Wildman–Crippen LogP) is 3.61. The van der Waals surface area contributed by atoms with Crippen molar-refractivity contribution >= 4 is 0 Å². The standard InChI is InChI=1S/C18H29FN2/c1-14(2)21(13-17-9-6-7-11-20-17)15(3)12-16-8-4-5-10-18(16)19/h4-5,8,10,14-15,17,20H,6-7,9,11-13H2,1-3H3. The van der Waals surface area contributed by atoms with Crippen LogP contribution in [0.3, 0.4) is 0 Å². The molecule has 0 amide bonds. The van der Waals surface area contributed by atoms with E-state index >= 15 is 0 Å². The van der Waals surface area contributed by atoms with Crippen molar-refractivity contribution in [2.24, 2.45) is 0 Å². The Labute approximate surface area is 128 Å². The maximum absolute atomic E-state index is 13.8. The lowest BCUT2D eigenvalue weighted by molar-refractivity contribution is 0.136. The van der Waals surface area contributed by atoms with Crippen LogP contribution >= 0.6 is 0 Å². The van der Waals surface area contributed by atoms with Crippen LogP contribution in [-0.4, -0.2) is 36.1 Å². The van der Waals surface area contributed by atoms with Crippen molar-refractivity contribution in [3.8, 4) is 0 Å². The van der Waals surface area contributed by atoms with Gasteiger partial charge < -0.3 is 5.32 Å². The molecular weight excluding hydrogens is 263 g/mol. The number of hydrogen-bond donors (Lipinski definition) is 1. The predicted molar refractivity (Wildman–Crippen MR) is 87.0 cm³/mol. The molecule has 0 aliphatic carbocycles. The summed E-state index contributed by atoms with van der Waals surface area (Å²) in [5.41, 5.74) is 0.826. The molecule has 0 radical (unpaired) electrons. The Morgan fingerprint density at radius 2 is 2.00 bits per heavy atom. The van der Waals surface area contributed by atoms with Gasteiger partial charge in [-0.25, -0.2) is 4.39 Å². The lowest BCUT2D eigenvalue weighted by Crippen LogP contribution is -2.49. The molecule has 21 heavy (non-hydrogen) atoms. The summed E-state index contributed by atoms with van der Waals surface area (Å²) < 4.78 is 13.8. The van der Waals surface area contributed by atoms with E-state index in [2.05, 4.69) is 31.0 Å². The van der Waals surface area contributed by atoms with Crippen LogP contribution in [0.4, 0.5) is 4.39 Å². The van der Waals surface area contributed by atoms with E-state index in [4.69, 9.17) is 0 Å². The summed E-state index contributed by atoms with van der Waals surface area (Å²) in [6, 6.07) is 8.57. The average Bonchev–Trinajstić information content (AvgIpc) is 2.48. The lowest BCUT2D eigenvalue weighted by atomic mass is 10.0.